The van der Waals surface area contributed by atoms with E-state index in [4.69, 9.17) is 5.73 Å². The topological polar surface area (TPSA) is 30.9 Å². The van der Waals surface area contributed by atoms with Gasteiger partial charge >= 0.3 is 0 Å². The van der Waals surface area contributed by atoms with Crippen LogP contribution in [0.1, 0.15) is 11.3 Å². The fraction of sp³-hybridized carbons (Fsp3) is 0.222. The lowest BCUT2D eigenvalue weighted by Crippen LogP contribution is -2.02. The molecule has 0 unspecified atom stereocenters. The molecule has 0 fully saturated rings. The Bertz CT molecular complexity index is 736. The first-order chi connectivity index (χ1) is 9.72. The zero-order valence-electron chi connectivity index (χ0n) is 12.1. The standard InChI is InChI=1S/C18H20N2/c1-13-18(15-9-7-14(8-10-15)11-12-19)16-5-3-4-6-17(16)20(13)2/h3-10H,11-12,19H2,1-2H3. The lowest BCUT2D eigenvalue weighted by molar-refractivity contribution is 0.919. The van der Waals surface area contributed by atoms with E-state index >= 15 is 0 Å². The normalized spacial score (nSPS) is 11.2. The lowest BCUT2D eigenvalue weighted by Gasteiger charge is -2.05. The third-order valence-electron chi connectivity index (χ3n) is 4.08. The van der Waals surface area contributed by atoms with Gasteiger partial charge in [-0.25, -0.2) is 0 Å². The zero-order valence-corrected chi connectivity index (χ0v) is 12.1. The second-order valence-electron chi connectivity index (χ2n) is 5.27. The number of fused-ring (bicyclic) bond motifs is 1. The maximum atomic E-state index is 5.61. The van der Waals surface area contributed by atoms with E-state index in [0.717, 1.165) is 6.42 Å². The van der Waals surface area contributed by atoms with E-state index in [1.54, 1.807) is 0 Å². The fourth-order valence-electron chi connectivity index (χ4n) is 2.89. The molecule has 2 aromatic carbocycles. The van der Waals surface area contributed by atoms with Gasteiger partial charge in [-0.3, -0.25) is 0 Å². The van der Waals surface area contributed by atoms with Crippen LogP contribution >= 0.6 is 0 Å². The van der Waals surface area contributed by atoms with Crippen LogP contribution < -0.4 is 5.73 Å². The number of rotatable bonds is 3. The molecule has 1 aromatic heterocycles. The van der Waals surface area contributed by atoms with Crippen LogP contribution in [0.3, 0.4) is 0 Å². The van der Waals surface area contributed by atoms with Crippen molar-refractivity contribution in [1.29, 1.82) is 0 Å². The number of nitrogens with two attached hydrogens (primary N) is 1. The largest absolute Gasteiger partial charge is 0.347 e. The molecule has 0 radical (unpaired) electrons. The predicted octanol–water partition coefficient (Wildman–Crippen LogP) is 3.65. The summed E-state index contributed by atoms with van der Waals surface area (Å²) in [5, 5.41) is 1.32. The molecule has 0 amide bonds. The Labute approximate surface area is 119 Å². The molecule has 2 heteroatoms. The highest BCUT2D eigenvalue weighted by molar-refractivity contribution is 5.98. The SMILES string of the molecule is Cc1c(-c2ccc(CCN)cc2)c2ccccc2n1C. The van der Waals surface area contributed by atoms with Crippen LogP contribution in [-0.2, 0) is 13.5 Å². The molecule has 0 aliphatic rings. The van der Waals surface area contributed by atoms with Gasteiger partial charge in [-0.15, -0.1) is 0 Å². The van der Waals surface area contributed by atoms with Gasteiger partial charge in [-0.1, -0.05) is 42.5 Å². The van der Waals surface area contributed by atoms with E-state index in [9.17, 15) is 0 Å². The maximum Gasteiger partial charge on any atom is 0.0486 e. The number of aromatic nitrogens is 1. The molecule has 3 rings (SSSR count). The van der Waals surface area contributed by atoms with Gasteiger partial charge in [-0.05, 0) is 37.1 Å². The highest BCUT2D eigenvalue weighted by atomic mass is 14.9. The molecule has 1 heterocycles. The summed E-state index contributed by atoms with van der Waals surface area (Å²) in [4.78, 5) is 0. The molecule has 0 atom stereocenters. The van der Waals surface area contributed by atoms with Gasteiger partial charge in [0.15, 0.2) is 0 Å². The van der Waals surface area contributed by atoms with E-state index in [-0.39, 0.29) is 0 Å². The summed E-state index contributed by atoms with van der Waals surface area (Å²) in [7, 11) is 2.13. The summed E-state index contributed by atoms with van der Waals surface area (Å²) in [6.45, 7) is 2.88. The molecular weight excluding hydrogens is 244 g/mol. The second-order valence-corrected chi connectivity index (χ2v) is 5.27. The van der Waals surface area contributed by atoms with Crippen LogP contribution in [-0.4, -0.2) is 11.1 Å². The summed E-state index contributed by atoms with van der Waals surface area (Å²) in [6.07, 6.45) is 0.939. The van der Waals surface area contributed by atoms with Crippen molar-refractivity contribution in [3.63, 3.8) is 0 Å². The van der Waals surface area contributed by atoms with Gasteiger partial charge in [0.05, 0.1) is 0 Å². The zero-order chi connectivity index (χ0) is 14.1. The summed E-state index contributed by atoms with van der Waals surface area (Å²) in [5.41, 5.74) is 12.1. The predicted molar refractivity (Wildman–Crippen MR) is 85.9 cm³/mol. The van der Waals surface area contributed by atoms with Gasteiger partial charge in [0.2, 0.25) is 0 Å². The first kappa shape index (κ1) is 12.9. The van der Waals surface area contributed by atoms with E-state index in [0.29, 0.717) is 6.54 Å². The Morgan fingerprint density at radius 2 is 1.70 bits per heavy atom. The van der Waals surface area contributed by atoms with Gasteiger partial charge in [0.25, 0.3) is 0 Å². The molecule has 0 spiro atoms. The van der Waals surface area contributed by atoms with Crippen LogP contribution in [0.5, 0.6) is 0 Å². The molecular formula is C18H20N2. The Morgan fingerprint density at radius 1 is 1.00 bits per heavy atom. The lowest BCUT2D eigenvalue weighted by atomic mass is 10.0. The number of nitrogens with zero attached hydrogens (tertiary/aromatic N) is 1. The second kappa shape index (κ2) is 5.14. The Balaban J connectivity index is 2.16. The molecule has 3 aromatic rings. The summed E-state index contributed by atoms with van der Waals surface area (Å²) < 4.78 is 2.26. The Kier molecular flexibility index (Phi) is 3.33. The van der Waals surface area contributed by atoms with Gasteiger partial charge < -0.3 is 10.3 Å². The third-order valence-corrected chi connectivity index (χ3v) is 4.08. The highest BCUT2D eigenvalue weighted by Gasteiger charge is 2.12. The molecule has 0 bridgehead atoms. The molecule has 0 aliphatic heterocycles. The Hall–Kier alpha value is -2.06. The maximum absolute atomic E-state index is 5.61. The molecule has 2 N–H and O–H groups in total. The van der Waals surface area contributed by atoms with E-state index in [1.165, 1.54) is 33.3 Å². The van der Waals surface area contributed by atoms with Crippen molar-refractivity contribution in [2.45, 2.75) is 13.3 Å². The van der Waals surface area contributed by atoms with Crippen molar-refractivity contribution in [2.75, 3.05) is 6.54 Å². The van der Waals surface area contributed by atoms with Crippen molar-refractivity contribution in [3.05, 3.63) is 59.8 Å². The minimum Gasteiger partial charge on any atom is -0.347 e. The quantitative estimate of drug-likeness (QED) is 0.769. The number of benzene rings is 2. The highest BCUT2D eigenvalue weighted by Crippen LogP contribution is 2.33. The number of hydrogen-bond acceptors (Lipinski definition) is 1. The monoisotopic (exact) mass is 264 g/mol. The van der Waals surface area contributed by atoms with Crippen LogP contribution in [0.4, 0.5) is 0 Å². The van der Waals surface area contributed by atoms with Crippen LogP contribution in [0.15, 0.2) is 48.5 Å². The molecule has 0 saturated heterocycles. The third kappa shape index (κ3) is 2.02. The fourth-order valence-corrected chi connectivity index (χ4v) is 2.89. The first-order valence-electron chi connectivity index (χ1n) is 7.05. The smallest absolute Gasteiger partial charge is 0.0486 e. The van der Waals surface area contributed by atoms with Crippen LogP contribution in [0.2, 0.25) is 0 Å². The van der Waals surface area contributed by atoms with Crippen LogP contribution in [0, 0.1) is 6.92 Å². The summed E-state index contributed by atoms with van der Waals surface area (Å²) in [6, 6.07) is 17.4. The summed E-state index contributed by atoms with van der Waals surface area (Å²) in [5.74, 6) is 0. The average Bonchev–Trinajstić information content (AvgIpc) is 2.73. The van der Waals surface area contributed by atoms with Crippen molar-refractivity contribution in [1.82, 2.24) is 4.57 Å². The molecule has 0 aliphatic carbocycles. The molecule has 20 heavy (non-hydrogen) atoms. The summed E-state index contributed by atoms with van der Waals surface area (Å²) >= 11 is 0. The van der Waals surface area contributed by atoms with Gasteiger partial charge in [-0.2, -0.15) is 0 Å². The van der Waals surface area contributed by atoms with E-state index < -0.39 is 0 Å². The minimum atomic E-state index is 0.701. The number of aryl methyl sites for hydroxylation is 1. The van der Waals surface area contributed by atoms with Gasteiger partial charge in [0, 0.05) is 29.2 Å². The number of para-hydroxylation sites is 1. The minimum absolute atomic E-state index is 0.701. The average molecular weight is 264 g/mol. The molecule has 102 valence electrons. The first-order valence-corrected chi connectivity index (χ1v) is 7.05. The van der Waals surface area contributed by atoms with E-state index in [2.05, 4.69) is 67.1 Å². The molecule has 2 nitrogen and oxygen atoms in total. The van der Waals surface area contributed by atoms with Crippen molar-refractivity contribution in [3.8, 4) is 11.1 Å². The van der Waals surface area contributed by atoms with Crippen LogP contribution in [0.25, 0.3) is 22.0 Å². The Morgan fingerprint density at radius 3 is 2.40 bits per heavy atom. The van der Waals surface area contributed by atoms with Crippen molar-refractivity contribution >= 4 is 10.9 Å². The van der Waals surface area contributed by atoms with Crippen molar-refractivity contribution < 1.29 is 0 Å². The molecule has 0 saturated carbocycles. The van der Waals surface area contributed by atoms with Gasteiger partial charge in [0.1, 0.15) is 0 Å². The van der Waals surface area contributed by atoms with E-state index in [1.807, 2.05) is 0 Å². The number of hydrogen-bond donors (Lipinski definition) is 1. The van der Waals surface area contributed by atoms with Crippen molar-refractivity contribution in [2.24, 2.45) is 12.8 Å².